The van der Waals surface area contributed by atoms with Crippen LogP contribution >= 0.6 is 11.3 Å². The van der Waals surface area contributed by atoms with Crippen LogP contribution in [0.3, 0.4) is 0 Å². The van der Waals surface area contributed by atoms with Crippen molar-refractivity contribution >= 4 is 23.2 Å². The number of thiophene rings is 1. The summed E-state index contributed by atoms with van der Waals surface area (Å²) >= 11 is 1.50. The minimum absolute atomic E-state index is 0.139. The lowest BCUT2D eigenvalue weighted by atomic mass is 10.1. The third-order valence-corrected chi connectivity index (χ3v) is 3.57. The molecule has 5 heteroatoms. The number of carbonyl (C=O) groups excluding carboxylic acids is 2. The number of hydrogen-bond acceptors (Lipinski definition) is 4. The molecule has 0 aliphatic carbocycles. The highest BCUT2D eigenvalue weighted by Gasteiger charge is 2.20. The van der Waals surface area contributed by atoms with Gasteiger partial charge in [0.25, 0.3) is 0 Å². The number of nitrogens with one attached hydrogen (secondary N) is 1. The number of rotatable bonds is 5. The summed E-state index contributed by atoms with van der Waals surface area (Å²) in [4.78, 5) is 24.1. The van der Waals surface area contributed by atoms with Crippen molar-refractivity contribution in [3.8, 4) is 0 Å². The van der Waals surface area contributed by atoms with Gasteiger partial charge in [-0.15, -0.1) is 11.3 Å². The summed E-state index contributed by atoms with van der Waals surface area (Å²) < 4.78 is 4.65. The molecule has 18 heavy (non-hydrogen) atoms. The highest BCUT2D eigenvalue weighted by atomic mass is 32.1. The van der Waals surface area contributed by atoms with Gasteiger partial charge in [0.05, 0.1) is 19.6 Å². The number of carbonyl (C=O) groups is 2. The molecular weight excluding hydrogens is 250 g/mol. The highest BCUT2D eigenvalue weighted by molar-refractivity contribution is 7.10. The first-order chi connectivity index (χ1) is 8.58. The van der Waals surface area contributed by atoms with E-state index in [-0.39, 0.29) is 24.3 Å². The van der Waals surface area contributed by atoms with E-state index >= 15 is 0 Å². The molecule has 1 rings (SSSR count). The molecule has 0 saturated carbocycles. The van der Waals surface area contributed by atoms with Crippen LogP contribution in [0.4, 0.5) is 0 Å². The standard InChI is InChI=1S/C13H17NO3S/c1-4-9(2)13(16)14-10(8-12(15)17-3)11-6-5-7-18-11/h4-7,10H,8H2,1-3H3,(H,14,16). The van der Waals surface area contributed by atoms with Crippen LogP contribution in [0.1, 0.15) is 31.2 Å². The lowest BCUT2D eigenvalue weighted by molar-refractivity contribution is -0.141. The molecule has 0 saturated heterocycles. The Bertz CT molecular complexity index is 437. The SMILES string of the molecule is CC=C(C)C(=O)NC(CC(=O)OC)c1cccs1. The van der Waals surface area contributed by atoms with E-state index in [1.807, 2.05) is 17.5 Å². The van der Waals surface area contributed by atoms with E-state index in [9.17, 15) is 9.59 Å². The fraction of sp³-hybridized carbons (Fsp3) is 0.385. The second-order valence-electron chi connectivity index (χ2n) is 3.79. The summed E-state index contributed by atoms with van der Waals surface area (Å²) in [5.74, 6) is -0.508. The van der Waals surface area contributed by atoms with E-state index in [2.05, 4.69) is 10.1 Å². The van der Waals surface area contributed by atoms with Crippen molar-refractivity contribution in [2.24, 2.45) is 0 Å². The number of allylic oxidation sites excluding steroid dienone is 1. The van der Waals surface area contributed by atoms with Crippen molar-refractivity contribution in [1.29, 1.82) is 0 Å². The Labute approximate surface area is 111 Å². The summed E-state index contributed by atoms with van der Waals surface area (Å²) in [6.45, 7) is 3.54. The number of amides is 1. The molecule has 1 unspecified atom stereocenters. The first kappa shape index (κ1) is 14.4. The smallest absolute Gasteiger partial charge is 0.307 e. The summed E-state index contributed by atoms with van der Waals surface area (Å²) in [6.07, 6.45) is 1.87. The van der Waals surface area contributed by atoms with Crippen LogP contribution in [-0.4, -0.2) is 19.0 Å². The Kier molecular flexibility index (Phi) is 5.58. The van der Waals surface area contributed by atoms with E-state index < -0.39 is 0 Å². The highest BCUT2D eigenvalue weighted by Crippen LogP contribution is 2.22. The van der Waals surface area contributed by atoms with E-state index in [4.69, 9.17) is 0 Å². The number of esters is 1. The van der Waals surface area contributed by atoms with Crippen LogP contribution in [-0.2, 0) is 14.3 Å². The van der Waals surface area contributed by atoms with Crippen LogP contribution in [0.2, 0.25) is 0 Å². The Morgan fingerprint density at radius 2 is 2.28 bits per heavy atom. The largest absolute Gasteiger partial charge is 0.469 e. The molecule has 1 heterocycles. The van der Waals surface area contributed by atoms with Crippen molar-refractivity contribution in [1.82, 2.24) is 5.32 Å². The fourth-order valence-corrected chi connectivity index (χ4v) is 2.14. The quantitative estimate of drug-likeness (QED) is 0.658. The normalized spacial score (nSPS) is 12.9. The predicted molar refractivity (Wildman–Crippen MR) is 71.3 cm³/mol. The van der Waals surface area contributed by atoms with Crippen molar-refractivity contribution in [2.45, 2.75) is 26.3 Å². The van der Waals surface area contributed by atoms with Gasteiger partial charge in [0.1, 0.15) is 0 Å². The number of methoxy groups -OCH3 is 1. The first-order valence-electron chi connectivity index (χ1n) is 5.62. The summed E-state index contributed by atoms with van der Waals surface area (Å²) in [5.41, 5.74) is 0.626. The zero-order valence-electron chi connectivity index (χ0n) is 10.7. The van der Waals surface area contributed by atoms with Gasteiger partial charge >= 0.3 is 5.97 Å². The summed E-state index contributed by atoms with van der Waals surface area (Å²) in [5, 5.41) is 4.75. The average molecular weight is 267 g/mol. The Balaban J connectivity index is 2.79. The van der Waals surface area contributed by atoms with E-state index in [0.717, 1.165) is 4.88 Å². The molecule has 1 amide bonds. The van der Waals surface area contributed by atoms with E-state index in [1.165, 1.54) is 18.4 Å². The fourth-order valence-electron chi connectivity index (χ4n) is 1.37. The van der Waals surface area contributed by atoms with Crippen molar-refractivity contribution in [3.05, 3.63) is 34.0 Å². The second kappa shape index (κ2) is 6.96. The van der Waals surface area contributed by atoms with E-state index in [0.29, 0.717) is 5.57 Å². The van der Waals surface area contributed by atoms with Crippen LogP contribution in [0.15, 0.2) is 29.2 Å². The Morgan fingerprint density at radius 3 is 2.78 bits per heavy atom. The van der Waals surface area contributed by atoms with Gasteiger partial charge in [0.15, 0.2) is 0 Å². The van der Waals surface area contributed by atoms with Crippen molar-refractivity contribution in [3.63, 3.8) is 0 Å². The molecule has 0 fully saturated rings. The molecule has 4 nitrogen and oxygen atoms in total. The van der Waals surface area contributed by atoms with Crippen LogP contribution < -0.4 is 5.32 Å². The third-order valence-electron chi connectivity index (χ3n) is 2.58. The number of ether oxygens (including phenoxy) is 1. The average Bonchev–Trinajstić information content (AvgIpc) is 2.90. The van der Waals surface area contributed by atoms with E-state index in [1.54, 1.807) is 19.9 Å². The predicted octanol–water partition coefficient (Wildman–Crippen LogP) is 2.43. The van der Waals surface area contributed by atoms with Gasteiger partial charge in [-0.25, -0.2) is 0 Å². The maximum atomic E-state index is 11.8. The molecule has 0 aliphatic heterocycles. The lowest BCUT2D eigenvalue weighted by Crippen LogP contribution is -2.30. The van der Waals surface area contributed by atoms with Gasteiger partial charge in [0.2, 0.25) is 5.91 Å². The molecule has 0 spiro atoms. The molecule has 0 aromatic carbocycles. The monoisotopic (exact) mass is 267 g/mol. The Hall–Kier alpha value is -1.62. The van der Waals surface area contributed by atoms with Gasteiger partial charge in [-0.3, -0.25) is 9.59 Å². The topological polar surface area (TPSA) is 55.4 Å². The molecule has 0 aliphatic rings. The van der Waals surface area contributed by atoms with Crippen LogP contribution in [0.5, 0.6) is 0 Å². The summed E-state index contributed by atoms with van der Waals surface area (Å²) in [7, 11) is 1.34. The Morgan fingerprint density at radius 1 is 1.56 bits per heavy atom. The van der Waals surface area contributed by atoms with Crippen molar-refractivity contribution < 1.29 is 14.3 Å². The minimum atomic E-state index is -0.341. The first-order valence-corrected chi connectivity index (χ1v) is 6.50. The molecule has 1 aromatic heterocycles. The zero-order valence-corrected chi connectivity index (χ0v) is 11.5. The van der Waals surface area contributed by atoms with Gasteiger partial charge in [0, 0.05) is 10.5 Å². The van der Waals surface area contributed by atoms with Crippen molar-refractivity contribution in [2.75, 3.05) is 7.11 Å². The molecular formula is C13H17NO3S. The summed E-state index contributed by atoms with van der Waals surface area (Å²) in [6, 6.07) is 3.45. The van der Waals surface area contributed by atoms with Gasteiger partial charge in [-0.1, -0.05) is 12.1 Å². The minimum Gasteiger partial charge on any atom is -0.469 e. The van der Waals surface area contributed by atoms with Gasteiger partial charge in [-0.2, -0.15) is 0 Å². The molecule has 98 valence electrons. The molecule has 0 radical (unpaired) electrons. The maximum Gasteiger partial charge on any atom is 0.307 e. The lowest BCUT2D eigenvalue weighted by Gasteiger charge is -2.16. The zero-order chi connectivity index (χ0) is 13.5. The molecule has 1 atom stereocenters. The maximum absolute atomic E-state index is 11.8. The molecule has 1 aromatic rings. The van der Waals surface area contributed by atoms with Gasteiger partial charge in [-0.05, 0) is 25.3 Å². The third kappa shape index (κ3) is 4.00. The molecule has 1 N–H and O–H groups in total. The van der Waals surface area contributed by atoms with Crippen LogP contribution in [0.25, 0.3) is 0 Å². The van der Waals surface area contributed by atoms with Crippen LogP contribution in [0, 0.1) is 0 Å². The number of hydrogen-bond donors (Lipinski definition) is 1. The second-order valence-corrected chi connectivity index (χ2v) is 4.77. The molecule has 0 bridgehead atoms. The van der Waals surface area contributed by atoms with Gasteiger partial charge < -0.3 is 10.1 Å².